The van der Waals surface area contributed by atoms with Crippen molar-refractivity contribution in [2.45, 2.75) is 32.7 Å². The van der Waals surface area contributed by atoms with E-state index in [4.69, 9.17) is 13.9 Å². The first-order valence-corrected chi connectivity index (χ1v) is 12.4. The molecule has 4 aromatic rings. The molecular weight excluding hydrogens is 489 g/mol. The van der Waals surface area contributed by atoms with Crippen LogP contribution in [0.15, 0.2) is 69.9 Å². The number of hydrogen-bond donors (Lipinski definition) is 0. The minimum absolute atomic E-state index is 0.0433. The van der Waals surface area contributed by atoms with Crippen LogP contribution in [-0.2, 0) is 0 Å². The molecule has 38 heavy (non-hydrogen) atoms. The van der Waals surface area contributed by atoms with Crippen LogP contribution in [0.25, 0.3) is 11.0 Å². The summed E-state index contributed by atoms with van der Waals surface area (Å²) >= 11 is 0. The molecule has 0 spiro atoms. The van der Waals surface area contributed by atoms with E-state index in [-0.39, 0.29) is 28.1 Å². The van der Waals surface area contributed by atoms with Crippen LogP contribution >= 0.6 is 0 Å². The van der Waals surface area contributed by atoms with E-state index in [9.17, 15) is 18.8 Å². The number of amides is 1. The summed E-state index contributed by atoms with van der Waals surface area (Å²) in [6.07, 6.45) is 1.85. The van der Waals surface area contributed by atoms with Crippen molar-refractivity contribution >= 4 is 28.3 Å². The Morgan fingerprint density at radius 3 is 2.47 bits per heavy atom. The van der Waals surface area contributed by atoms with Crippen molar-refractivity contribution in [3.8, 4) is 11.5 Å². The van der Waals surface area contributed by atoms with Crippen LogP contribution in [0.4, 0.5) is 10.1 Å². The lowest BCUT2D eigenvalue weighted by molar-refractivity contribution is 0.0970. The summed E-state index contributed by atoms with van der Waals surface area (Å²) < 4.78 is 31.4. The number of ether oxygens (including phenoxy) is 2. The third-order valence-electron chi connectivity index (χ3n) is 6.64. The van der Waals surface area contributed by atoms with Crippen molar-refractivity contribution < 1.29 is 27.9 Å². The van der Waals surface area contributed by atoms with Crippen LogP contribution in [0, 0.1) is 5.82 Å². The van der Waals surface area contributed by atoms with Gasteiger partial charge in [0.2, 0.25) is 5.76 Å². The average molecular weight is 516 g/mol. The summed E-state index contributed by atoms with van der Waals surface area (Å²) in [6, 6.07) is 14.5. The van der Waals surface area contributed by atoms with Gasteiger partial charge in [0, 0.05) is 11.3 Å². The lowest BCUT2D eigenvalue weighted by Crippen LogP contribution is -2.29. The Morgan fingerprint density at radius 2 is 1.79 bits per heavy atom. The highest BCUT2D eigenvalue weighted by Crippen LogP contribution is 2.43. The highest BCUT2D eigenvalue weighted by Gasteiger charge is 2.44. The number of ketones is 1. The van der Waals surface area contributed by atoms with E-state index in [0.717, 1.165) is 18.9 Å². The summed E-state index contributed by atoms with van der Waals surface area (Å²) in [5, 5.41) is 0.0433. The van der Waals surface area contributed by atoms with Crippen LogP contribution in [0.5, 0.6) is 11.5 Å². The molecule has 8 heteroatoms. The fraction of sp³-hybridized carbons (Fsp3) is 0.233. The average Bonchev–Trinajstić information content (AvgIpc) is 3.21. The Bertz CT molecular complexity index is 1610. The maximum Gasteiger partial charge on any atom is 0.295 e. The van der Waals surface area contributed by atoms with E-state index in [1.54, 1.807) is 42.5 Å². The third kappa shape index (κ3) is 4.32. The second kappa shape index (κ2) is 10.1. The van der Waals surface area contributed by atoms with Crippen molar-refractivity contribution in [3.63, 3.8) is 0 Å². The van der Waals surface area contributed by atoms with Gasteiger partial charge in [-0.1, -0.05) is 19.4 Å². The normalized spacial score (nSPS) is 14.6. The molecular formula is C30H26FNO6. The molecule has 1 amide bonds. The third-order valence-corrected chi connectivity index (χ3v) is 6.64. The Labute approximate surface area is 218 Å². The van der Waals surface area contributed by atoms with Gasteiger partial charge in [-0.15, -0.1) is 0 Å². The lowest BCUT2D eigenvalue weighted by Gasteiger charge is -2.26. The first-order valence-electron chi connectivity index (χ1n) is 12.4. The van der Waals surface area contributed by atoms with E-state index in [1.165, 1.54) is 31.1 Å². The molecule has 0 N–H and O–H groups in total. The van der Waals surface area contributed by atoms with Crippen molar-refractivity contribution in [1.82, 2.24) is 0 Å². The van der Waals surface area contributed by atoms with Gasteiger partial charge in [0.25, 0.3) is 5.91 Å². The molecule has 0 radical (unpaired) electrons. The van der Waals surface area contributed by atoms with Crippen molar-refractivity contribution in [3.05, 3.63) is 99.2 Å². The molecule has 1 unspecified atom stereocenters. The number of nitrogens with zero attached hydrogens (tertiary/aromatic N) is 1. The monoisotopic (exact) mass is 515 g/mol. The Morgan fingerprint density at radius 1 is 1.03 bits per heavy atom. The molecule has 194 valence electrons. The van der Waals surface area contributed by atoms with Crippen LogP contribution in [0.1, 0.15) is 64.8 Å². The summed E-state index contributed by atoms with van der Waals surface area (Å²) in [6.45, 7) is 4.04. The quantitative estimate of drug-likeness (QED) is 0.209. The molecule has 1 aliphatic rings. The molecule has 0 saturated heterocycles. The molecule has 1 aromatic heterocycles. The summed E-state index contributed by atoms with van der Waals surface area (Å²) in [5.41, 5.74) is 1.26. The molecule has 2 heterocycles. The fourth-order valence-corrected chi connectivity index (χ4v) is 4.68. The number of methoxy groups -OCH3 is 1. The molecule has 0 saturated carbocycles. The standard InChI is InChI=1S/C30H26FNO6/c1-4-5-14-37-24-12-8-19(15-25(24)36-3)27-26-28(34)22-16-20(31)9-13-23(22)38-29(26)30(35)32(27)21-10-6-18(7-11-21)17(2)33/h6-13,15-16,27H,4-5,14H2,1-3H3. The molecule has 1 aliphatic heterocycles. The maximum absolute atomic E-state index is 14.1. The van der Waals surface area contributed by atoms with E-state index < -0.39 is 23.2 Å². The van der Waals surface area contributed by atoms with Gasteiger partial charge < -0.3 is 13.9 Å². The topological polar surface area (TPSA) is 86.0 Å². The zero-order chi connectivity index (χ0) is 27.0. The predicted molar refractivity (Wildman–Crippen MR) is 141 cm³/mol. The number of halogens is 1. The van der Waals surface area contributed by atoms with Gasteiger partial charge in [0.15, 0.2) is 22.7 Å². The highest BCUT2D eigenvalue weighted by molar-refractivity contribution is 6.11. The SMILES string of the molecule is CCCCOc1ccc(C2c3c(oc4ccc(F)cc4c3=O)C(=O)N2c2ccc(C(C)=O)cc2)cc1OC. The maximum atomic E-state index is 14.1. The summed E-state index contributed by atoms with van der Waals surface area (Å²) in [4.78, 5) is 40.7. The minimum atomic E-state index is -0.886. The van der Waals surface area contributed by atoms with Gasteiger partial charge in [0.05, 0.1) is 30.7 Å². The molecule has 5 rings (SSSR count). The lowest BCUT2D eigenvalue weighted by atomic mass is 9.97. The molecule has 0 fully saturated rings. The second-order valence-corrected chi connectivity index (χ2v) is 9.11. The van der Waals surface area contributed by atoms with E-state index in [1.807, 2.05) is 0 Å². The molecule has 0 aliphatic carbocycles. The van der Waals surface area contributed by atoms with Gasteiger partial charge in [-0.3, -0.25) is 19.3 Å². The fourth-order valence-electron chi connectivity index (χ4n) is 4.68. The van der Waals surface area contributed by atoms with Crippen LogP contribution in [0.2, 0.25) is 0 Å². The second-order valence-electron chi connectivity index (χ2n) is 9.11. The van der Waals surface area contributed by atoms with Crippen LogP contribution < -0.4 is 19.8 Å². The van der Waals surface area contributed by atoms with E-state index in [2.05, 4.69) is 6.92 Å². The molecule has 0 bridgehead atoms. The number of anilines is 1. The largest absolute Gasteiger partial charge is 0.493 e. The smallest absolute Gasteiger partial charge is 0.295 e. The Balaban J connectivity index is 1.70. The number of benzene rings is 3. The molecule has 7 nitrogen and oxygen atoms in total. The Kier molecular flexibility index (Phi) is 6.72. The Hall–Kier alpha value is -4.46. The summed E-state index contributed by atoms with van der Waals surface area (Å²) in [7, 11) is 1.52. The number of rotatable bonds is 8. The van der Waals surface area contributed by atoms with E-state index in [0.29, 0.717) is 34.9 Å². The first-order chi connectivity index (χ1) is 18.3. The predicted octanol–water partition coefficient (Wildman–Crippen LogP) is 6.07. The van der Waals surface area contributed by atoms with Gasteiger partial charge in [0.1, 0.15) is 11.4 Å². The number of Topliss-reactive ketones (excluding diaryl/α,β-unsaturated/α-hetero) is 1. The van der Waals surface area contributed by atoms with Crippen molar-refractivity contribution in [2.75, 3.05) is 18.6 Å². The van der Waals surface area contributed by atoms with Gasteiger partial charge >= 0.3 is 0 Å². The number of fused-ring (bicyclic) bond motifs is 2. The minimum Gasteiger partial charge on any atom is -0.493 e. The number of carbonyl (C=O) groups excluding carboxylic acids is 2. The van der Waals surface area contributed by atoms with Crippen molar-refractivity contribution in [2.24, 2.45) is 0 Å². The van der Waals surface area contributed by atoms with Crippen molar-refractivity contribution in [1.29, 1.82) is 0 Å². The van der Waals surface area contributed by atoms with Gasteiger partial charge in [-0.2, -0.15) is 0 Å². The number of hydrogen-bond acceptors (Lipinski definition) is 6. The number of unbranched alkanes of at least 4 members (excludes halogenated alkanes) is 1. The molecule has 1 atom stereocenters. The van der Waals surface area contributed by atoms with Gasteiger partial charge in [-0.05, 0) is 73.5 Å². The molecule has 3 aromatic carbocycles. The van der Waals surface area contributed by atoms with E-state index >= 15 is 0 Å². The van der Waals surface area contributed by atoms with Crippen LogP contribution in [-0.4, -0.2) is 25.4 Å². The summed E-state index contributed by atoms with van der Waals surface area (Å²) in [5.74, 6) is -0.347. The highest BCUT2D eigenvalue weighted by atomic mass is 19.1. The van der Waals surface area contributed by atoms with Crippen LogP contribution in [0.3, 0.4) is 0 Å². The first kappa shape index (κ1) is 25.2. The number of carbonyl (C=O) groups is 2. The zero-order valence-electron chi connectivity index (χ0n) is 21.2. The van der Waals surface area contributed by atoms with Gasteiger partial charge in [-0.25, -0.2) is 4.39 Å². The zero-order valence-corrected chi connectivity index (χ0v) is 21.2.